The first-order valence-electron chi connectivity index (χ1n) is 8.14. The van der Waals surface area contributed by atoms with Gasteiger partial charge in [0.1, 0.15) is 0 Å². The van der Waals surface area contributed by atoms with Crippen LogP contribution in [0.1, 0.15) is 24.9 Å². The van der Waals surface area contributed by atoms with Gasteiger partial charge >= 0.3 is 0 Å². The van der Waals surface area contributed by atoms with E-state index in [0.717, 1.165) is 18.7 Å². The molecular weight excluding hydrogens is 330 g/mol. The maximum absolute atomic E-state index is 12.0. The number of halogens is 1. The first-order chi connectivity index (χ1) is 11.6. The van der Waals surface area contributed by atoms with Crippen molar-refractivity contribution in [3.05, 3.63) is 34.9 Å². The molecule has 132 valence electrons. The van der Waals surface area contributed by atoms with Gasteiger partial charge in [-0.2, -0.15) is 0 Å². The quantitative estimate of drug-likeness (QED) is 0.776. The fourth-order valence-electron chi connectivity index (χ4n) is 2.68. The third-order valence-corrected chi connectivity index (χ3v) is 4.21. The summed E-state index contributed by atoms with van der Waals surface area (Å²) in [5.74, 6) is -0.203. The van der Waals surface area contributed by atoms with Crippen LogP contribution in [0.25, 0.3) is 0 Å². The molecule has 0 radical (unpaired) electrons. The van der Waals surface area contributed by atoms with Crippen molar-refractivity contribution < 1.29 is 14.3 Å². The number of nitrogens with zero attached hydrogens (tertiary/aromatic N) is 1. The molecular formula is C17H24ClN3O3. The van der Waals surface area contributed by atoms with Crippen LogP contribution in [0.15, 0.2) is 24.3 Å². The van der Waals surface area contributed by atoms with Crippen LogP contribution in [0.4, 0.5) is 0 Å². The number of amides is 2. The Hall–Kier alpha value is -1.63. The van der Waals surface area contributed by atoms with Crippen LogP contribution in [0.5, 0.6) is 0 Å². The van der Waals surface area contributed by atoms with Gasteiger partial charge in [-0.1, -0.05) is 23.7 Å². The molecule has 1 aliphatic heterocycles. The van der Waals surface area contributed by atoms with Crippen molar-refractivity contribution in [2.24, 2.45) is 0 Å². The lowest BCUT2D eigenvalue weighted by Gasteiger charge is -2.35. The minimum atomic E-state index is -0.129. The number of ether oxygens (including phenoxy) is 1. The third-order valence-electron chi connectivity index (χ3n) is 3.96. The molecule has 0 aliphatic carbocycles. The van der Waals surface area contributed by atoms with E-state index in [1.807, 2.05) is 24.3 Å². The Kier molecular flexibility index (Phi) is 7.49. The van der Waals surface area contributed by atoms with Gasteiger partial charge in [0.15, 0.2) is 0 Å². The van der Waals surface area contributed by atoms with Gasteiger partial charge < -0.3 is 15.4 Å². The molecule has 1 aromatic rings. The van der Waals surface area contributed by atoms with Crippen molar-refractivity contribution >= 4 is 23.4 Å². The second-order valence-electron chi connectivity index (χ2n) is 5.75. The Balaban J connectivity index is 1.94. The Morgan fingerprint density at radius 1 is 1.21 bits per heavy atom. The summed E-state index contributed by atoms with van der Waals surface area (Å²) >= 11 is 5.97. The van der Waals surface area contributed by atoms with E-state index in [2.05, 4.69) is 15.5 Å². The van der Waals surface area contributed by atoms with Crippen LogP contribution in [-0.2, 0) is 14.3 Å². The normalized spacial score (nSPS) is 16.4. The lowest BCUT2D eigenvalue weighted by Crippen LogP contribution is -2.44. The van der Waals surface area contributed by atoms with Gasteiger partial charge in [-0.25, -0.2) is 0 Å². The van der Waals surface area contributed by atoms with E-state index in [4.69, 9.17) is 16.3 Å². The maximum atomic E-state index is 12.0. The first kappa shape index (κ1) is 18.7. The van der Waals surface area contributed by atoms with Crippen LogP contribution in [0.3, 0.4) is 0 Å². The summed E-state index contributed by atoms with van der Waals surface area (Å²) in [7, 11) is 0. The fraction of sp³-hybridized carbons (Fsp3) is 0.529. The summed E-state index contributed by atoms with van der Waals surface area (Å²) in [4.78, 5) is 25.1. The number of rotatable bonds is 7. The minimum absolute atomic E-state index is 0.0732. The molecule has 1 saturated heterocycles. The number of nitrogens with one attached hydrogen (secondary N) is 2. The van der Waals surface area contributed by atoms with E-state index in [0.29, 0.717) is 31.3 Å². The zero-order chi connectivity index (χ0) is 17.4. The molecule has 24 heavy (non-hydrogen) atoms. The third kappa shape index (κ3) is 6.11. The van der Waals surface area contributed by atoms with Gasteiger partial charge in [0.25, 0.3) is 0 Å². The van der Waals surface area contributed by atoms with Crippen LogP contribution >= 0.6 is 11.6 Å². The molecule has 1 fully saturated rings. The molecule has 1 heterocycles. The predicted octanol–water partition coefficient (Wildman–Crippen LogP) is 1.36. The fourth-order valence-corrected chi connectivity index (χ4v) is 2.81. The van der Waals surface area contributed by atoms with E-state index in [-0.39, 0.29) is 24.3 Å². The maximum Gasteiger partial charge on any atom is 0.221 e. The van der Waals surface area contributed by atoms with E-state index >= 15 is 0 Å². The SMILES string of the molecule is CC(=O)NCCC(=O)NCC(c1ccc(Cl)cc1)N1CCOCC1. The molecule has 7 heteroatoms. The highest BCUT2D eigenvalue weighted by molar-refractivity contribution is 6.30. The second kappa shape index (κ2) is 9.61. The van der Waals surface area contributed by atoms with Crippen molar-refractivity contribution in [1.82, 2.24) is 15.5 Å². The molecule has 6 nitrogen and oxygen atoms in total. The van der Waals surface area contributed by atoms with Crippen LogP contribution in [0, 0.1) is 0 Å². The molecule has 0 saturated carbocycles. The van der Waals surface area contributed by atoms with Crippen molar-refractivity contribution in [1.29, 1.82) is 0 Å². The predicted molar refractivity (Wildman–Crippen MR) is 92.9 cm³/mol. The lowest BCUT2D eigenvalue weighted by atomic mass is 10.0. The highest BCUT2D eigenvalue weighted by atomic mass is 35.5. The summed E-state index contributed by atoms with van der Waals surface area (Å²) in [6.07, 6.45) is 0.274. The molecule has 0 spiro atoms. The molecule has 1 unspecified atom stereocenters. The van der Waals surface area contributed by atoms with Crippen molar-refractivity contribution in [2.75, 3.05) is 39.4 Å². The van der Waals surface area contributed by atoms with Gasteiger partial charge in [0.2, 0.25) is 11.8 Å². The summed E-state index contributed by atoms with van der Waals surface area (Å²) in [6.45, 7) is 5.35. The number of carbonyl (C=O) groups is 2. The van der Waals surface area contributed by atoms with Crippen molar-refractivity contribution in [2.45, 2.75) is 19.4 Å². The summed E-state index contributed by atoms with van der Waals surface area (Å²) in [5, 5.41) is 6.28. The Morgan fingerprint density at radius 3 is 2.50 bits per heavy atom. The van der Waals surface area contributed by atoms with Crippen molar-refractivity contribution in [3.63, 3.8) is 0 Å². The molecule has 2 amide bonds. The topological polar surface area (TPSA) is 70.7 Å². The van der Waals surface area contributed by atoms with Gasteiger partial charge in [0, 0.05) is 44.5 Å². The van der Waals surface area contributed by atoms with Crippen LogP contribution < -0.4 is 10.6 Å². The lowest BCUT2D eigenvalue weighted by molar-refractivity contribution is -0.121. The average Bonchev–Trinajstić information content (AvgIpc) is 2.57. The molecule has 2 N–H and O–H groups in total. The number of hydrogen-bond acceptors (Lipinski definition) is 4. The largest absolute Gasteiger partial charge is 0.379 e. The molecule has 1 atom stereocenters. The number of carbonyl (C=O) groups excluding carboxylic acids is 2. The highest BCUT2D eigenvalue weighted by Gasteiger charge is 2.23. The van der Waals surface area contributed by atoms with E-state index in [1.165, 1.54) is 6.92 Å². The standard InChI is InChI=1S/C17H24ClN3O3/c1-13(22)19-7-6-17(23)20-12-16(21-8-10-24-11-9-21)14-2-4-15(18)5-3-14/h2-5,16H,6-12H2,1H3,(H,19,22)(H,20,23). The minimum Gasteiger partial charge on any atom is -0.379 e. The zero-order valence-electron chi connectivity index (χ0n) is 13.9. The van der Waals surface area contributed by atoms with Crippen molar-refractivity contribution in [3.8, 4) is 0 Å². The molecule has 2 rings (SSSR count). The number of hydrogen-bond donors (Lipinski definition) is 2. The first-order valence-corrected chi connectivity index (χ1v) is 8.52. The Morgan fingerprint density at radius 2 is 1.88 bits per heavy atom. The monoisotopic (exact) mass is 353 g/mol. The molecule has 1 aromatic carbocycles. The van der Waals surface area contributed by atoms with Gasteiger partial charge in [-0.05, 0) is 17.7 Å². The highest BCUT2D eigenvalue weighted by Crippen LogP contribution is 2.23. The van der Waals surface area contributed by atoms with E-state index in [1.54, 1.807) is 0 Å². The van der Waals surface area contributed by atoms with E-state index in [9.17, 15) is 9.59 Å². The number of morpholine rings is 1. The van der Waals surface area contributed by atoms with Crippen LogP contribution in [0.2, 0.25) is 5.02 Å². The number of benzene rings is 1. The summed E-state index contributed by atoms with van der Waals surface area (Å²) in [6, 6.07) is 7.79. The second-order valence-corrected chi connectivity index (χ2v) is 6.19. The zero-order valence-corrected chi connectivity index (χ0v) is 14.6. The Labute approximate surface area is 147 Å². The average molecular weight is 354 g/mol. The molecule has 0 aromatic heterocycles. The van der Waals surface area contributed by atoms with Gasteiger partial charge in [-0.3, -0.25) is 14.5 Å². The molecule has 1 aliphatic rings. The Bertz CT molecular complexity index is 545. The van der Waals surface area contributed by atoms with E-state index < -0.39 is 0 Å². The van der Waals surface area contributed by atoms with Gasteiger partial charge in [-0.15, -0.1) is 0 Å². The molecule has 0 bridgehead atoms. The summed E-state index contributed by atoms with van der Waals surface area (Å²) in [5.41, 5.74) is 1.11. The smallest absolute Gasteiger partial charge is 0.221 e. The van der Waals surface area contributed by atoms with Gasteiger partial charge in [0.05, 0.1) is 19.3 Å². The summed E-state index contributed by atoms with van der Waals surface area (Å²) < 4.78 is 5.42. The van der Waals surface area contributed by atoms with Crippen LogP contribution in [-0.4, -0.2) is 56.1 Å².